The molecule has 0 bridgehead atoms. The van der Waals surface area contributed by atoms with Crippen molar-refractivity contribution in [3.8, 4) is 0 Å². The Morgan fingerprint density at radius 2 is 0.881 bits per heavy atom. The lowest BCUT2D eigenvalue weighted by Gasteiger charge is -2.07. The number of hydrogen-bond donors (Lipinski definition) is 0. The standard InChI is InChI=1S/C11H17NO.C10H15NO.C10H14O.C9H14N2O.C8H13NOS/c1-4-11-6-5-10(7-12-11)8-13-9(2)3;1-8(2)12-7-10-5-4-9(3)11-6-10;1-9(2)11-8-10-6-4-3-5-7-10;1-7(2)12-6-9-4-10-8(3)11-5-9;1-6(2)10-5-8-4-9-7(3)11-8/h5-7,9H,4,8H2,1-3H3;4-6,8H,7H2,1-3H3;3-7,9H,8H2,1-2H3;4-5,7H,6H2,1-3H3;4,6H,5H2,1-3H3. The topological polar surface area (TPSA) is 111 Å². The van der Waals surface area contributed by atoms with Crippen LogP contribution in [0.3, 0.4) is 0 Å². The predicted octanol–water partition coefficient (Wildman–Crippen LogP) is 11.6. The summed E-state index contributed by atoms with van der Waals surface area (Å²) in [5, 5.41) is 1.10. The maximum absolute atomic E-state index is 5.46. The molecule has 0 aliphatic rings. The molecular weight excluding hydrogens is 759 g/mol. The molecular formula is C48H73N5O5S. The number of pyridine rings is 2. The van der Waals surface area contributed by atoms with Gasteiger partial charge in [0.25, 0.3) is 0 Å². The van der Waals surface area contributed by atoms with Crippen LogP contribution in [0.1, 0.15) is 126 Å². The highest BCUT2D eigenvalue weighted by Gasteiger charge is 2.01. The quantitative estimate of drug-likeness (QED) is 0.0953. The molecule has 0 amide bonds. The fraction of sp³-hybridized carbons (Fsp3) is 0.521. The lowest BCUT2D eigenvalue weighted by atomic mass is 10.2. The zero-order valence-corrected chi connectivity index (χ0v) is 39.2. The molecule has 0 unspecified atom stereocenters. The summed E-state index contributed by atoms with van der Waals surface area (Å²) in [5.74, 6) is 0.795. The summed E-state index contributed by atoms with van der Waals surface area (Å²) in [7, 11) is 0. The van der Waals surface area contributed by atoms with Crippen LogP contribution in [0.4, 0.5) is 0 Å². The van der Waals surface area contributed by atoms with Crippen molar-refractivity contribution in [1.29, 1.82) is 0 Å². The van der Waals surface area contributed by atoms with Gasteiger partial charge in [-0.2, -0.15) is 0 Å². The van der Waals surface area contributed by atoms with E-state index in [1.54, 1.807) is 23.7 Å². The number of aryl methyl sites for hydroxylation is 4. The van der Waals surface area contributed by atoms with Gasteiger partial charge in [-0.15, -0.1) is 11.3 Å². The van der Waals surface area contributed by atoms with E-state index in [2.05, 4.69) is 56.1 Å². The van der Waals surface area contributed by atoms with Crippen molar-refractivity contribution in [2.45, 2.75) is 167 Å². The van der Waals surface area contributed by atoms with Crippen LogP contribution in [0, 0.1) is 20.8 Å². The fourth-order valence-electron chi connectivity index (χ4n) is 4.17. The van der Waals surface area contributed by atoms with Crippen LogP contribution in [0.2, 0.25) is 0 Å². The van der Waals surface area contributed by atoms with Crippen LogP contribution in [-0.2, 0) is 63.1 Å². The monoisotopic (exact) mass is 832 g/mol. The van der Waals surface area contributed by atoms with E-state index in [9.17, 15) is 0 Å². The number of thiazole rings is 1. The third kappa shape index (κ3) is 29.8. The van der Waals surface area contributed by atoms with Crippen molar-refractivity contribution in [2.24, 2.45) is 0 Å². The van der Waals surface area contributed by atoms with Gasteiger partial charge >= 0.3 is 0 Å². The van der Waals surface area contributed by atoms with E-state index in [0.29, 0.717) is 38.6 Å². The molecule has 0 saturated carbocycles. The molecule has 10 nitrogen and oxygen atoms in total. The maximum atomic E-state index is 5.46. The van der Waals surface area contributed by atoms with Gasteiger partial charge in [-0.05, 0) is 125 Å². The van der Waals surface area contributed by atoms with Crippen molar-refractivity contribution in [1.82, 2.24) is 24.9 Å². The Labute approximate surface area is 360 Å². The number of nitrogens with zero attached hydrogens (tertiary/aromatic N) is 5. The van der Waals surface area contributed by atoms with Crippen LogP contribution in [0.5, 0.6) is 0 Å². The van der Waals surface area contributed by atoms with Crippen molar-refractivity contribution >= 4 is 11.3 Å². The molecule has 5 aromatic rings. The minimum atomic E-state index is 0.256. The molecule has 1 aromatic carbocycles. The highest BCUT2D eigenvalue weighted by atomic mass is 32.1. The average molecular weight is 832 g/mol. The summed E-state index contributed by atoms with van der Waals surface area (Å²) >= 11 is 1.69. The third-order valence-electron chi connectivity index (χ3n) is 7.46. The van der Waals surface area contributed by atoms with Crippen LogP contribution >= 0.6 is 11.3 Å². The summed E-state index contributed by atoms with van der Waals surface area (Å²) in [6, 6.07) is 18.4. The normalized spacial score (nSPS) is 10.7. The van der Waals surface area contributed by atoms with Gasteiger partial charge in [-0.1, -0.05) is 49.4 Å². The van der Waals surface area contributed by atoms with E-state index in [-0.39, 0.29) is 18.3 Å². The van der Waals surface area contributed by atoms with Crippen LogP contribution in [0.15, 0.2) is 85.6 Å². The van der Waals surface area contributed by atoms with E-state index in [4.69, 9.17) is 23.7 Å². The van der Waals surface area contributed by atoms with E-state index in [1.807, 2.05) is 139 Å². The Morgan fingerprint density at radius 3 is 1.29 bits per heavy atom. The molecule has 0 radical (unpaired) electrons. The number of ether oxygens (including phenoxy) is 5. The Morgan fingerprint density at radius 1 is 0.441 bits per heavy atom. The van der Waals surface area contributed by atoms with Crippen molar-refractivity contribution in [3.63, 3.8) is 0 Å². The van der Waals surface area contributed by atoms with E-state index < -0.39 is 0 Å². The van der Waals surface area contributed by atoms with Gasteiger partial charge in [0.1, 0.15) is 5.82 Å². The number of aromatic nitrogens is 5. The molecule has 326 valence electrons. The first-order chi connectivity index (χ1) is 28.1. The second-order valence-electron chi connectivity index (χ2n) is 15.1. The molecule has 0 N–H and O–H groups in total. The smallest absolute Gasteiger partial charge is 0.125 e. The Bertz CT molecular complexity index is 1660. The minimum absolute atomic E-state index is 0.256. The Balaban J connectivity index is 0.000000369. The SMILES string of the molecule is CC(C)OCc1ccccc1.CCc1ccc(COC(C)C)cn1.Cc1ccc(COC(C)C)cn1.Cc1ncc(COC(C)C)cn1.Cc1ncc(COC(C)C)s1. The third-order valence-corrected chi connectivity index (χ3v) is 8.35. The Hall–Kier alpha value is -3.97. The zero-order valence-electron chi connectivity index (χ0n) is 38.4. The molecule has 5 rings (SSSR count). The average Bonchev–Trinajstić information content (AvgIpc) is 3.64. The van der Waals surface area contributed by atoms with E-state index in [0.717, 1.165) is 51.9 Å². The zero-order chi connectivity index (χ0) is 44.0. The summed E-state index contributed by atoms with van der Waals surface area (Å²) in [5.41, 5.74) is 6.72. The first kappa shape index (κ1) is 53.0. The highest BCUT2D eigenvalue weighted by molar-refractivity contribution is 7.11. The van der Waals surface area contributed by atoms with Crippen LogP contribution in [-0.4, -0.2) is 55.4 Å². The minimum Gasteiger partial charge on any atom is -0.374 e. The summed E-state index contributed by atoms with van der Waals surface area (Å²) < 4.78 is 27.1. The van der Waals surface area contributed by atoms with Gasteiger partial charge in [0.15, 0.2) is 0 Å². The number of rotatable bonds is 16. The van der Waals surface area contributed by atoms with Crippen LogP contribution in [0.25, 0.3) is 0 Å². The predicted molar refractivity (Wildman–Crippen MR) is 242 cm³/mol. The Kier molecular flexibility index (Phi) is 28.7. The fourth-order valence-corrected chi connectivity index (χ4v) is 4.89. The largest absolute Gasteiger partial charge is 0.374 e. The summed E-state index contributed by atoms with van der Waals surface area (Å²) in [6.45, 7) is 31.6. The summed E-state index contributed by atoms with van der Waals surface area (Å²) in [4.78, 5) is 21.9. The van der Waals surface area contributed by atoms with Gasteiger partial charge in [0.05, 0.1) is 73.4 Å². The van der Waals surface area contributed by atoms with Gasteiger partial charge < -0.3 is 23.7 Å². The molecule has 0 spiro atoms. The molecule has 4 heterocycles. The second-order valence-corrected chi connectivity index (χ2v) is 16.4. The van der Waals surface area contributed by atoms with Gasteiger partial charge in [0.2, 0.25) is 0 Å². The lowest BCUT2D eigenvalue weighted by Crippen LogP contribution is -2.03. The van der Waals surface area contributed by atoms with Gasteiger partial charge in [-0.25, -0.2) is 15.0 Å². The van der Waals surface area contributed by atoms with E-state index >= 15 is 0 Å². The first-order valence-corrected chi connectivity index (χ1v) is 21.5. The van der Waals surface area contributed by atoms with Crippen molar-refractivity contribution in [2.75, 3.05) is 0 Å². The van der Waals surface area contributed by atoms with Gasteiger partial charge in [-0.3, -0.25) is 9.97 Å². The number of hydrogen-bond acceptors (Lipinski definition) is 11. The molecule has 0 saturated heterocycles. The second kappa shape index (κ2) is 31.9. The first-order valence-electron chi connectivity index (χ1n) is 20.7. The summed E-state index contributed by atoms with van der Waals surface area (Å²) in [6.07, 6.45) is 11.7. The lowest BCUT2D eigenvalue weighted by molar-refractivity contribution is 0.0652. The highest BCUT2D eigenvalue weighted by Crippen LogP contribution is 2.13. The van der Waals surface area contributed by atoms with Crippen molar-refractivity contribution < 1.29 is 23.7 Å². The molecule has 11 heteroatoms. The maximum Gasteiger partial charge on any atom is 0.125 e. The molecule has 0 atom stereocenters. The van der Waals surface area contributed by atoms with Crippen LogP contribution < -0.4 is 0 Å². The molecule has 59 heavy (non-hydrogen) atoms. The van der Waals surface area contributed by atoms with Crippen molar-refractivity contribution in [3.05, 3.63) is 135 Å². The molecule has 0 fully saturated rings. The number of benzene rings is 1. The molecule has 4 aromatic heterocycles. The molecule has 0 aliphatic heterocycles. The van der Waals surface area contributed by atoms with E-state index in [1.165, 1.54) is 10.4 Å². The van der Waals surface area contributed by atoms with Gasteiger partial charge in [0, 0.05) is 47.9 Å². The molecule has 0 aliphatic carbocycles.